The summed E-state index contributed by atoms with van der Waals surface area (Å²) < 4.78 is 0. The van der Waals surface area contributed by atoms with E-state index in [9.17, 15) is 4.79 Å². The van der Waals surface area contributed by atoms with E-state index in [2.05, 4.69) is 9.97 Å². The lowest BCUT2D eigenvalue weighted by molar-refractivity contribution is -0.113. The van der Waals surface area contributed by atoms with Crippen LogP contribution >= 0.6 is 11.8 Å². The van der Waals surface area contributed by atoms with Crippen LogP contribution in [0.4, 0.5) is 0 Å². The molecule has 0 saturated carbocycles. The molecule has 12 heavy (non-hydrogen) atoms. The Hall–Kier alpha value is -1.36. The molecule has 1 aromatic rings. The average molecular weight is 181 g/mol. The van der Waals surface area contributed by atoms with Crippen molar-refractivity contribution in [3.8, 4) is 0 Å². The fraction of sp³-hybridized carbons (Fsp3) is 0. The minimum Gasteiger partial charge on any atom is -0.366 e. The molecule has 1 amide bonds. The molecule has 1 rings (SSSR count). The van der Waals surface area contributed by atoms with E-state index in [0.717, 1.165) is 0 Å². The van der Waals surface area contributed by atoms with Gasteiger partial charge in [0.05, 0.1) is 0 Å². The molecule has 0 spiro atoms. The lowest BCUT2D eigenvalue weighted by Crippen LogP contribution is -2.04. The third-order valence-corrected chi connectivity index (χ3v) is 1.64. The number of rotatable bonds is 3. The highest BCUT2D eigenvalue weighted by molar-refractivity contribution is 8.02. The van der Waals surface area contributed by atoms with Gasteiger partial charge in [-0.15, -0.1) is 0 Å². The van der Waals surface area contributed by atoms with Gasteiger partial charge < -0.3 is 5.73 Å². The molecular formula is C7H7N3OS. The molecule has 0 bridgehead atoms. The lowest BCUT2D eigenvalue weighted by atomic mass is 10.6. The van der Waals surface area contributed by atoms with Crippen molar-refractivity contribution in [1.29, 1.82) is 0 Å². The lowest BCUT2D eigenvalue weighted by Gasteiger charge is -1.89. The predicted octanol–water partition coefficient (Wildman–Crippen LogP) is 0.568. The topological polar surface area (TPSA) is 68.9 Å². The standard InChI is InChI=1S/C7H7N3OS/c8-6(11)2-5-12-7-9-3-1-4-10-7/h1-5H,(H2,8,11)/b5-2-. The molecule has 62 valence electrons. The van der Waals surface area contributed by atoms with Crippen LogP contribution in [0.2, 0.25) is 0 Å². The summed E-state index contributed by atoms with van der Waals surface area (Å²) in [6, 6.07) is 1.72. The maximum atomic E-state index is 10.3. The Kier molecular flexibility index (Phi) is 3.28. The Labute approximate surface area is 73.9 Å². The Morgan fingerprint density at radius 2 is 2.17 bits per heavy atom. The molecule has 1 heterocycles. The maximum Gasteiger partial charge on any atom is 0.241 e. The number of hydrogen-bond acceptors (Lipinski definition) is 4. The van der Waals surface area contributed by atoms with Crippen molar-refractivity contribution < 1.29 is 4.79 Å². The zero-order valence-corrected chi connectivity index (χ0v) is 6.99. The molecular weight excluding hydrogens is 174 g/mol. The molecule has 0 unspecified atom stereocenters. The van der Waals surface area contributed by atoms with Crippen molar-refractivity contribution in [1.82, 2.24) is 9.97 Å². The van der Waals surface area contributed by atoms with E-state index in [4.69, 9.17) is 5.73 Å². The first-order chi connectivity index (χ1) is 5.79. The summed E-state index contributed by atoms with van der Waals surface area (Å²) in [7, 11) is 0. The van der Waals surface area contributed by atoms with Gasteiger partial charge in [-0.25, -0.2) is 9.97 Å². The zero-order chi connectivity index (χ0) is 8.81. The number of amides is 1. The normalized spacial score (nSPS) is 10.3. The molecule has 0 aliphatic carbocycles. The number of thioether (sulfide) groups is 1. The number of nitrogens with two attached hydrogens (primary N) is 1. The monoisotopic (exact) mass is 181 g/mol. The Bertz CT molecular complexity index is 286. The van der Waals surface area contributed by atoms with E-state index in [1.807, 2.05) is 0 Å². The van der Waals surface area contributed by atoms with Crippen molar-refractivity contribution >= 4 is 17.7 Å². The fourth-order valence-electron chi connectivity index (χ4n) is 0.508. The average Bonchev–Trinajstić information content (AvgIpc) is 2.05. The number of hydrogen-bond donors (Lipinski definition) is 1. The van der Waals surface area contributed by atoms with E-state index in [1.165, 1.54) is 17.8 Å². The first-order valence-electron chi connectivity index (χ1n) is 3.18. The van der Waals surface area contributed by atoms with Crippen LogP contribution in [0.5, 0.6) is 0 Å². The van der Waals surface area contributed by atoms with Gasteiger partial charge in [0.25, 0.3) is 0 Å². The second-order valence-corrected chi connectivity index (χ2v) is 2.73. The van der Waals surface area contributed by atoms with Crippen LogP contribution in [-0.2, 0) is 4.79 Å². The fourth-order valence-corrected chi connectivity index (χ4v) is 1.08. The van der Waals surface area contributed by atoms with Gasteiger partial charge in [0, 0.05) is 18.5 Å². The van der Waals surface area contributed by atoms with Gasteiger partial charge in [-0.05, 0) is 11.5 Å². The minimum atomic E-state index is -0.474. The Morgan fingerprint density at radius 1 is 1.50 bits per heavy atom. The van der Waals surface area contributed by atoms with E-state index >= 15 is 0 Å². The molecule has 0 aromatic carbocycles. The van der Waals surface area contributed by atoms with Gasteiger partial charge >= 0.3 is 0 Å². The van der Waals surface area contributed by atoms with Gasteiger partial charge in [0.1, 0.15) is 0 Å². The molecule has 0 aliphatic heterocycles. The molecule has 4 nitrogen and oxygen atoms in total. The number of aromatic nitrogens is 2. The first-order valence-corrected chi connectivity index (χ1v) is 4.06. The Balaban J connectivity index is 2.49. The quantitative estimate of drug-likeness (QED) is 0.420. The summed E-state index contributed by atoms with van der Waals surface area (Å²) in [6.45, 7) is 0. The molecule has 5 heteroatoms. The van der Waals surface area contributed by atoms with E-state index < -0.39 is 5.91 Å². The third-order valence-electron chi connectivity index (χ3n) is 0.948. The molecule has 0 radical (unpaired) electrons. The summed E-state index contributed by atoms with van der Waals surface area (Å²) in [5.74, 6) is -0.474. The largest absolute Gasteiger partial charge is 0.366 e. The number of carbonyl (C=O) groups excluding carboxylic acids is 1. The SMILES string of the molecule is NC(=O)/C=C\Sc1ncccn1. The summed E-state index contributed by atoms with van der Waals surface area (Å²) in [6.07, 6.45) is 4.53. The summed E-state index contributed by atoms with van der Waals surface area (Å²) in [4.78, 5) is 18.1. The van der Waals surface area contributed by atoms with Gasteiger partial charge in [-0.2, -0.15) is 0 Å². The van der Waals surface area contributed by atoms with E-state index in [1.54, 1.807) is 23.9 Å². The highest BCUT2D eigenvalue weighted by Crippen LogP contribution is 2.11. The molecule has 0 fully saturated rings. The number of nitrogens with zero attached hydrogens (tertiary/aromatic N) is 2. The smallest absolute Gasteiger partial charge is 0.241 e. The van der Waals surface area contributed by atoms with Gasteiger partial charge in [0.2, 0.25) is 5.91 Å². The van der Waals surface area contributed by atoms with Crippen LogP contribution in [-0.4, -0.2) is 15.9 Å². The maximum absolute atomic E-state index is 10.3. The highest BCUT2D eigenvalue weighted by atomic mass is 32.2. The van der Waals surface area contributed by atoms with Crippen LogP contribution < -0.4 is 5.73 Å². The minimum absolute atomic E-state index is 0.474. The summed E-state index contributed by atoms with van der Waals surface area (Å²) in [5.41, 5.74) is 4.88. The number of carbonyl (C=O) groups is 1. The van der Waals surface area contributed by atoms with Gasteiger partial charge in [-0.1, -0.05) is 11.8 Å². The molecule has 2 N–H and O–H groups in total. The van der Waals surface area contributed by atoms with Gasteiger partial charge in [-0.3, -0.25) is 4.79 Å². The van der Waals surface area contributed by atoms with Gasteiger partial charge in [0.15, 0.2) is 5.16 Å². The van der Waals surface area contributed by atoms with Crippen molar-refractivity contribution in [2.24, 2.45) is 5.73 Å². The van der Waals surface area contributed by atoms with Crippen molar-refractivity contribution in [2.45, 2.75) is 5.16 Å². The zero-order valence-electron chi connectivity index (χ0n) is 6.18. The van der Waals surface area contributed by atoms with E-state index in [-0.39, 0.29) is 0 Å². The van der Waals surface area contributed by atoms with Crippen LogP contribution in [0.1, 0.15) is 0 Å². The van der Waals surface area contributed by atoms with Crippen LogP contribution in [0.3, 0.4) is 0 Å². The van der Waals surface area contributed by atoms with Crippen molar-refractivity contribution in [3.05, 3.63) is 29.9 Å². The summed E-state index contributed by atoms with van der Waals surface area (Å²) in [5, 5.41) is 2.15. The molecule has 1 aromatic heterocycles. The second kappa shape index (κ2) is 4.50. The molecule has 0 saturated heterocycles. The molecule has 0 aliphatic rings. The second-order valence-electron chi connectivity index (χ2n) is 1.85. The van der Waals surface area contributed by atoms with Crippen LogP contribution in [0, 0.1) is 0 Å². The first kappa shape index (κ1) is 8.73. The van der Waals surface area contributed by atoms with Crippen LogP contribution in [0.15, 0.2) is 35.1 Å². The van der Waals surface area contributed by atoms with Crippen molar-refractivity contribution in [3.63, 3.8) is 0 Å². The van der Waals surface area contributed by atoms with Crippen molar-refractivity contribution in [2.75, 3.05) is 0 Å². The summed E-state index contributed by atoms with van der Waals surface area (Å²) >= 11 is 1.25. The Morgan fingerprint density at radius 3 is 2.75 bits per heavy atom. The molecule has 0 atom stereocenters. The van der Waals surface area contributed by atoms with E-state index in [0.29, 0.717) is 5.16 Å². The van der Waals surface area contributed by atoms with Crippen LogP contribution in [0.25, 0.3) is 0 Å². The third kappa shape index (κ3) is 3.16. The highest BCUT2D eigenvalue weighted by Gasteiger charge is 1.90. The number of primary amides is 1. The predicted molar refractivity (Wildman–Crippen MR) is 46.2 cm³/mol.